The van der Waals surface area contributed by atoms with E-state index in [0.717, 1.165) is 0 Å². The fourth-order valence-electron chi connectivity index (χ4n) is 13.3. The summed E-state index contributed by atoms with van der Waals surface area (Å²) in [6.07, 6.45) is 10.1. The van der Waals surface area contributed by atoms with Gasteiger partial charge < -0.3 is 0 Å². The minimum atomic E-state index is -0.173. The van der Waals surface area contributed by atoms with Crippen LogP contribution in [0.2, 0.25) is 0 Å². The van der Waals surface area contributed by atoms with Crippen LogP contribution >= 0.6 is 0 Å². The van der Waals surface area contributed by atoms with Crippen molar-refractivity contribution in [2.45, 2.75) is 109 Å². The van der Waals surface area contributed by atoms with Crippen molar-refractivity contribution in [3.05, 3.63) is 203 Å². The average Bonchev–Trinajstić information content (AvgIpc) is 3.86. The number of fused-ring (bicyclic) bond motifs is 11. The number of rotatable bonds is 11. The van der Waals surface area contributed by atoms with Gasteiger partial charge in [0.15, 0.2) is 0 Å². The highest BCUT2D eigenvalue weighted by Crippen LogP contribution is 2.57. The third-order valence-electron chi connectivity index (χ3n) is 16.8. The molecule has 0 heterocycles. The molecule has 0 aliphatic heterocycles. The van der Waals surface area contributed by atoms with E-state index in [9.17, 15) is 0 Å². The molecule has 0 saturated heterocycles. The first kappa shape index (κ1) is 41.9. The van der Waals surface area contributed by atoms with Crippen LogP contribution in [0.3, 0.4) is 0 Å². The third kappa shape index (κ3) is 6.24. The van der Waals surface area contributed by atoms with E-state index in [4.69, 9.17) is 0 Å². The minimum Gasteiger partial charge on any atom is -0.0654 e. The Labute approximate surface area is 398 Å². The van der Waals surface area contributed by atoms with E-state index >= 15 is 0 Å². The first-order valence-electron chi connectivity index (χ1n) is 25.4. The highest BCUT2D eigenvalue weighted by Gasteiger charge is 2.43. The van der Waals surface area contributed by atoms with E-state index in [1.165, 1.54) is 162 Å². The molecule has 330 valence electrons. The highest BCUT2D eigenvalue weighted by molar-refractivity contribution is 6.21. The summed E-state index contributed by atoms with van der Waals surface area (Å²) < 4.78 is 0. The second-order valence-corrected chi connectivity index (χ2v) is 21.2. The molecule has 0 saturated carbocycles. The van der Waals surface area contributed by atoms with Crippen LogP contribution in [0.4, 0.5) is 0 Å². The number of hydrogen-bond donors (Lipinski definition) is 0. The first-order chi connectivity index (χ1) is 32.7. The summed E-state index contributed by atoms with van der Waals surface area (Å²) in [6.45, 7) is 14.3. The van der Waals surface area contributed by atoms with Crippen LogP contribution in [0, 0.1) is 0 Å². The summed E-state index contributed by atoms with van der Waals surface area (Å²) in [5, 5.41) is 5.20. The zero-order valence-electron chi connectivity index (χ0n) is 40.3. The van der Waals surface area contributed by atoms with Crippen LogP contribution in [0.5, 0.6) is 0 Å². The monoisotopic (exact) mass is 866 g/mol. The lowest BCUT2D eigenvalue weighted by Crippen LogP contribution is -2.25. The number of benzene rings is 9. The van der Waals surface area contributed by atoms with Crippen molar-refractivity contribution in [2.24, 2.45) is 0 Å². The molecular weight excluding hydrogens is 805 g/mol. The molecule has 0 nitrogen and oxygen atoms in total. The molecule has 67 heavy (non-hydrogen) atoms. The molecule has 3 aliphatic rings. The van der Waals surface area contributed by atoms with Crippen molar-refractivity contribution < 1.29 is 0 Å². The fourth-order valence-corrected chi connectivity index (χ4v) is 13.3. The molecule has 0 amide bonds. The lowest BCUT2D eigenvalue weighted by atomic mass is 9.70. The molecule has 0 atom stereocenters. The lowest BCUT2D eigenvalue weighted by Gasteiger charge is -2.33. The Balaban J connectivity index is 0.950. The standard InChI is InChI=1S/C67H62/c1-7-9-19-37-67(38-20-10-8-2)58-28-18-16-22-48(58)52-34-30-44(40-62(52)67)43-29-33-50-51-36-32-46(42-61(51)66(5,6)59(50)39-43)64-55-25-13-11-23-53(55)63(54-24-12-14-26-56(54)64)45-31-35-49-47-21-15-17-27-57(47)65(3,4)60(49)41-45/h11-18,21-36,39-42H,7-10,19-20,37-38H2,1-6H3. The van der Waals surface area contributed by atoms with E-state index in [0.29, 0.717) is 0 Å². The molecule has 0 fully saturated rings. The summed E-state index contributed by atoms with van der Waals surface area (Å²) in [6, 6.07) is 66.0. The smallest absolute Gasteiger partial charge is 0.0215 e. The molecule has 9 aromatic carbocycles. The largest absolute Gasteiger partial charge is 0.0654 e. The molecule has 9 aromatic rings. The Morgan fingerprint density at radius 1 is 0.299 bits per heavy atom. The second-order valence-electron chi connectivity index (χ2n) is 21.2. The summed E-state index contributed by atoms with van der Waals surface area (Å²) in [4.78, 5) is 0. The van der Waals surface area contributed by atoms with Crippen molar-refractivity contribution in [1.29, 1.82) is 0 Å². The van der Waals surface area contributed by atoms with Gasteiger partial charge in [-0.05, 0) is 159 Å². The summed E-state index contributed by atoms with van der Waals surface area (Å²) in [7, 11) is 0. The zero-order chi connectivity index (χ0) is 45.7. The van der Waals surface area contributed by atoms with Gasteiger partial charge in [0.1, 0.15) is 0 Å². The van der Waals surface area contributed by atoms with E-state index in [2.05, 4.69) is 211 Å². The van der Waals surface area contributed by atoms with E-state index in [1.807, 2.05) is 0 Å². The highest BCUT2D eigenvalue weighted by atomic mass is 14.5. The maximum atomic E-state index is 2.60. The predicted octanol–water partition coefficient (Wildman–Crippen LogP) is 19.0. The Hall–Kier alpha value is -6.50. The Kier molecular flexibility index (Phi) is 9.88. The molecular formula is C67H62. The maximum Gasteiger partial charge on any atom is 0.0215 e. The van der Waals surface area contributed by atoms with Gasteiger partial charge in [0.05, 0.1) is 0 Å². The van der Waals surface area contributed by atoms with Gasteiger partial charge in [0.2, 0.25) is 0 Å². The van der Waals surface area contributed by atoms with Crippen LogP contribution in [0.25, 0.3) is 88.3 Å². The molecule has 0 radical (unpaired) electrons. The van der Waals surface area contributed by atoms with Gasteiger partial charge in [-0.15, -0.1) is 0 Å². The van der Waals surface area contributed by atoms with Gasteiger partial charge in [0.25, 0.3) is 0 Å². The van der Waals surface area contributed by atoms with Crippen molar-refractivity contribution in [3.63, 3.8) is 0 Å². The normalized spacial score (nSPS) is 15.3. The van der Waals surface area contributed by atoms with Gasteiger partial charge >= 0.3 is 0 Å². The molecule has 0 heteroatoms. The second kappa shape index (κ2) is 15.8. The molecule has 0 spiro atoms. The number of unbranched alkanes of at least 4 members (excludes halogenated alkanes) is 4. The summed E-state index contributed by atoms with van der Waals surface area (Å²) in [5.74, 6) is 0. The van der Waals surface area contributed by atoms with Gasteiger partial charge in [-0.2, -0.15) is 0 Å². The molecule has 0 unspecified atom stereocenters. The van der Waals surface area contributed by atoms with Gasteiger partial charge in [0, 0.05) is 16.2 Å². The van der Waals surface area contributed by atoms with Gasteiger partial charge in [-0.3, -0.25) is 0 Å². The Morgan fingerprint density at radius 2 is 0.627 bits per heavy atom. The molecule has 3 aliphatic carbocycles. The molecule has 0 bridgehead atoms. The third-order valence-corrected chi connectivity index (χ3v) is 16.8. The SMILES string of the molecule is CCCCCC1(CCCCC)c2ccccc2-c2ccc(-c3ccc4c(c3)C(C)(C)c3cc(-c5c6ccccc6c(-c6ccc7c(c6)C(C)(C)c6ccccc6-7)c6ccccc56)ccc3-4)cc21. The molecule has 0 N–H and O–H groups in total. The molecule has 12 rings (SSSR count). The van der Waals surface area contributed by atoms with Crippen LogP contribution in [0.1, 0.15) is 126 Å². The van der Waals surface area contributed by atoms with Crippen molar-refractivity contribution >= 4 is 21.5 Å². The average molecular weight is 867 g/mol. The molecule has 0 aromatic heterocycles. The van der Waals surface area contributed by atoms with E-state index in [-0.39, 0.29) is 16.2 Å². The van der Waals surface area contributed by atoms with Crippen LogP contribution in [-0.4, -0.2) is 0 Å². The van der Waals surface area contributed by atoms with Gasteiger partial charge in [-0.1, -0.05) is 226 Å². The Morgan fingerprint density at radius 3 is 1.09 bits per heavy atom. The lowest BCUT2D eigenvalue weighted by molar-refractivity contribution is 0.405. The van der Waals surface area contributed by atoms with Crippen LogP contribution in [-0.2, 0) is 16.2 Å². The van der Waals surface area contributed by atoms with Crippen molar-refractivity contribution in [2.75, 3.05) is 0 Å². The zero-order valence-corrected chi connectivity index (χ0v) is 40.3. The topological polar surface area (TPSA) is 0 Å². The van der Waals surface area contributed by atoms with E-state index < -0.39 is 0 Å². The first-order valence-corrected chi connectivity index (χ1v) is 25.4. The maximum absolute atomic E-state index is 2.60. The summed E-state index contributed by atoms with van der Waals surface area (Å²) >= 11 is 0. The quantitative estimate of drug-likeness (QED) is 0.0897. The Bertz CT molecular complexity index is 3380. The predicted molar refractivity (Wildman–Crippen MR) is 287 cm³/mol. The summed E-state index contributed by atoms with van der Waals surface area (Å²) in [5.41, 5.74) is 24.8. The van der Waals surface area contributed by atoms with Crippen LogP contribution in [0.15, 0.2) is 170 Å². The fraction of sp³-hybridized carbons (Fsp3) is 0.254. The number of hydrogen-bond acceptors (Lipinski definition) is 0. The van der Waals surface area contributed by atoms with Crippen molar-refractivity contribution in [3.8, 4) is 66.8 Å². The van der Waals surface area contributed by atoms with E-state index in [1.54, 1.807) is 11.1 Å². The van der Waals surface area contributed by atoms with Crippen molar-refractivity contribution in [1.82, 2.24) is 0 Å². The van der Waals surface area contributed by atoms with Crippen LogP contribution < -0.4 is 0 Å². The van der Waals surface area contributed by atoms with Gasteiger partial charge in [-0.25, -0.2) is 0 Å². The minimum absolute atomic E-state index is 0.0650.